The Kier molecular flexibility index (Phi) is 6.10. The van der Waals surface area contributed by atoms with E-state index in [0.717, 1.165) is 67.4 Å². The number of nitrogens with zero attached hydrogens (tertiary/aromatic N) is 2. The zero-order valence-electron chi connectivity index (χ0n) is 19.2. The van der Waals surface area contributed by atoms with E-state index < -0.39 is 5.60 Å². The highest BCUT2D eigenvalue weighted by Gasteiger charge is 2.51. The Bertz CT molecular complexity index is 1090. The van der Waals surface area contributed by atoms with Crippen molar-refractivity contribution in [2.24, 2.45) is 0 Å². The molecule has 2 aromatic carbocycles. The van der Waals surface area contributed by atoms with E-state index in [1.165, 1.54) is 15.4 Å². The first-order valence-corrected chi connectivity index (χ1v) is 12.9. The lowest BCUT2D eigenvalue weighted by Crippen LogP contribution is -2.46. The quantitative estimate of drug-likeness (QED) is 0.438. The van der Waals surface area contributed by atoms with Gasteiger partial charge in [0, 0.05) is 46.8 Å². The van der Waals surface area contributed by atoms with Gasteiger partial charge in [0.25, 0.3) is 0 Å². The van der Waals surface area contributed by atoms with Crippen molar-refractivity contribution in [3.63, 3.8) is 0 Å². The molecule has 5 nitrogen and oxygen atoms in total. The SMILES string of the molecule is C=C1N(C(C)C)C(=O)OC12CCN(CCCc1c(Cl)ccc3c1Nc1ccccc1S3)CC2. The molecule has 3 heterocycles. The van der Waals surface area contributed by atoms with Crippen molar-refractivity contribution in [3.05, 3.63) is 59.3 Å². The summed E-state index contributed by atoms with van der Waals surface area (Å²) in [6, 6.07) is 12.6. The Morgan fingerprint density at radius 1 is 1.18 bits per heavy atom. The molecule has 0 atom stereocenters. The van der Waals surface area contributed by atoms with Gasteiger partial charge in [-0.15, -0.1) is 0 Å². The van der Waals surface area contributed by atoms with Gasteiger partial charge < -0.3 is 15.0 Å². The summed E-state index contributed by atoms with van der Waals surface area (Å²) in [5.74, 6) is 0. The van der Waals surface area contributed by atoms with Crippen molar-refractivity contribution in [1.82, 2.24) is 9.80 Å². The average Bonchev–Trinajstić information content (AvgIpc) is 3.04. The number of hydrogen-bond acceptors (Lipinski definition) is 5. The van der Waals surface area contributed by atoms with Gasteiger partial charge in [-0.1, -0.05) is 42.1 Å². The van der Waals surface area contributed by atoms with Crippen LogP contribution in [-0.4, -0.2) is 47.2 Å². The van der Waals surface area contributed by atoms with Crippen LogP contribution in [0.15, 0.2) is 58.5 Å². The number of piperidine rings is 1. The van der Waals surface area contributed by atoms with Crippen molar-refractivity contribution in [2.75, 3.05) is 25.0 Å². The number of para-hydroxylation sites is 1. The summed E-state index contributed by atoms with van der Waals surface area (Å²) in [4.78, 5) is 19.0. The number of carbonyl (C=O) groups excluding carboxylic acids is 1. The summed E-state index contributed by atoms with van der Waals surface area (Å²) in [5, 5.41) is 4.43. The van der Waals surface area contributed by atoms with Crippen molar-refractivity contribution in [3.8, 4) is 0 Å². The molecule has 0 aromatic heterocycles. The largest absolute Gasteiger partial charge is 0.436 e. The van der Waals surface area contributed by atoms with Gasteiger partial charge in [0.1, 0.15) is 0 Å². The fourth-order valence-electron chi connectivity index (χ4n) is 5.11. The normalized spacial score (nSPS) is 19.5. The van der Waals surface area contributed by atoms with Crippen LogP contribution in [0.1, 0.15) is 38.7 Å². The van der Waals surface area contributed by atoms with Gasteiger partial charge in [-0.3, -0.25) is 4.90 Å². The topological polar surface area (TPSA) is 44.8 Å². The van der Waals surface area contributed by atoms with Crippen LogP contribution >= 0.6 is 23.4 Å². The summed E-state index contributed by atoms with van der Waals surface area (Å²) in [6.45, 7) is 11.0. The highest BCUT2D eigenvalue weighted by Crippen LogP contribution is 2.47. The third kappa shape index (κ3) is 4.13. The molecule has 2 fully saturated rings. The number of anilines is 2. The molecule has 0 unspecified atom stereocenters. The monoisotopic (exact) mass is 483 g/mol. The molecule has 33 heavy (non-hydrogen) atoms. The van der Waals surface area contributed by atoms with Gasteiger partial charge in [-0.2, -0.15) is 0 Å². The maximum absolute atomic E-state index is 12.3. The number of halogens is 1. The molecule has 174 valence electrons. The van der Waals surface area contributed by atoms with Crippen LogP contribution in [0, 0.1) is 0 Å². The molecule has 1 amide bonds. The fourth-order valence-corrected chi connectivity index (χ4v) is 6.39. The molecular weight excluding hydrogens is 454 g/mol. The van der Waals surface area contributed by atoms with E-state index in [4.69, 9.17) is 16.3 Å². The second kappa shape index (κ2) is 8.90. The van der Waals surface area contributed by atoms with Crippen molar-refractivity contribution in [2.45, 2.75) is 61.0 Å². The van der Waals surface area contributed by atoms with Gasteiger partial charge in [-0.25, -0.2) is 4.79 Å². The first kappa shape index (κ1) is 22.6. The molecule has 1 spiro atoms. The Morgan fingerprint density at radius 3 is 2.67 bits per heavy atom. The van der Waals surface area contributed by atoms with E-state index in [1.807, 2.05) is 19.9 Å². The number of amides is 1. The van der Waals surface area contributed by atoms with Crippen LogP contribution in [0.25, 0.3) is 0 Å². The highest BCUT2D eigenvalue weighted by molar-refractivity contribution is 7.99. The molecule has 5 rings (SSSR count). The third-order valence-electron chi connectivity index (χ3n) is 6.96. The minimum atomic E-state index is -0.520. The lowest BCUT2D eigenvalue weighted by atomic mass is 9.88. The van der Waals surface area contributed by atoms with E-state index in [-0.39, 0.29) is 12.1 Å². The van der Waals surface area contributed by atoms with Crippen LogP contribution < -0.4 is 5.32 Å². The molecular formula is C26H30ClN3O2S. The minimum Gasteiger partial charge on any atom is -0.436 e. The van der Waals surface area contributed by atoms with Crippen LogP contribution in [-0.2, 0) is 11.2 Å². The van der Waals surface area contributed by atoms with Gasteiger partial charge in [0.15, 0.2) is 5.60 Å². The lowest BCUT2D eigenvalue weighted by Gasteiger charge is -2.38. The van der Waals surface area contributed by atoms with Crippen LogP contribution in [0.5, 0.6) is 0 Å². The molecule has 3 aliphatic rings. The van der Waals surface area contributed by atoms with Gasteiger partial charge >= 0.3 is 6.09 Å². The van der Waals surface area contributed by atoms with Gasteiger partial charge in [0.05, 0.1) is 17.1 Å². The van der Waals surface area contributed by atoms with E-state index in [2.05, 4.69) is 47.1 Å². The minimum absolute atomic E-state index is 0.0719. The van der Waals surface area contributed by atoms with Crippen molar-refractivity contribution < 1.29 is 9.53 Å². The summed E-state index contributed by atoms with van der Waals surface area (Å²) in [6.07, 6.45) is 3.30. The zero-order valence-corrected chi connectivity index (χ0v) is 20.8. The van der Waals surface area contributed by atoms with Crippen LogP contribution in [0.2, 0.25) is 5.02 Å². The van der Waals surface area contributed by atoms with E-state index >= 15 is 0 Å². The molecule has 3 aliphatic heterocycles. The Hall–Kier alpha value is -2.15. The lowest BCUT2D eigenvalue weighted by molar-refractivity contribution is 0.0145. The number of ether oxygens (including phenoxy) is 1. The molecule has 0 saturated carbocycles. The second-order valence-electron chi connectivity index (χ2n) is 9.34. The maximum atomic E-state index is 12.3. The predicted molar refractivity (Wildman–Crippen MR) is 135 cm³/mol. The predicted octanol–water partition coefficient (Wildman–Crippen LogP) is 6.69. The number of fused-ring (bicyclic) bond motifs is 2. The van der Waals surface area contributed by atoms with E-state index in [1.54, 1.807) is 16.7 Å². The summed E-state index contributed by atoms with van der Waals surface area (Å²) in [7, 11) is 0. The highest BCUT2D eigenvalue weighted by atomic mass is 35.5. The summed E-state index contributed by atoms with van der Waals surface area (Å²) < 4.78 is 5.84. The molecule has 2 saturated heterocycles. The van der Waals surface area contributed by atoms with E-state index in [0.29, 0.717) is 0 Å². The molecule has 0 aliphatic carbocycles. The Balaban J connectivity index is 1.20. The molecule has 7 heteroatoms. The van der Waals surface area contributed by atoms with E-state index in [9.17, 15) is 4.79 Å². The van der Waals surface area contributed by atoms with Gasteiger partial charge in [-0.05, 0) is 63.1 Å². The number of hydrogen-bond donors (Lipinski definition) is 1. The first-order valence-electron chi connectivity index (χ1n) is 11.7. The number of carbonyl (C=O) groups is 1. The Morgan fingerprint density at radius 2 is 1.94 bits per heavy atom. The molecule has 2 aromatic rings. The van der Waals surface area contributed by atoms with Crippen molar-refractivity contribution >= 4 is 40.8 Å². The summed E-state index contributed by atoms with van der Waals surface area (Å²) in [5.41, 5.74) is 3.78. The second-order valence-corrected chi connectivity index (χ2v) is 10.8. The number of likely N-dealkylation sites (tertiary alicyclic amines) is 1. The third-order valence-corrected chi connectivity index (χ3v) is 8.45. The molecule has 0 bridgehead atoms. The number of benzene rings is 2. The smallest absolute Gasteiger partial charge is 0.415 e. The molecule has 0 radical (unpaired) electrons. The number of rotatable bonds is 5. The average molecular weight is 484 g/mol. The maximum Gasteiger partial charge on any atom is 0.415 e. The zero-order chi connectivity index (χ0) is 23.2. The fraction of sp³-hybridized carbons (Fsp3) is 0.423. The Labute approximate surface area is 205 Å². The standard InChI is InChI=1S/C26H30ClN3O2S/c1-17(2)30-18(3)26(32-25(30)31)12-15-29(16-13-26)14-6-7-19-20(27)10-11-23-24(19)28-21-8-4-5-9-22(21)33-23/h4-5,8-11,17,28H,3,6-7,12-16H2,1-2H3. The first-order chi connectivity index (χ1) is 15.9. The summed E-state index contributed by atoms with van der Waals surface area (Å²) >= 11 is 8.43. The van der Waals surface area contributed by atoms with Crippen LogP contribution in [0.3, 0.4) is 0 Å². The van der Waals surface area contributed by atoms with Crippen LogP contribution in [0.4, 0.5) is 16.2 Å². The van der Waals surface area contributed by atoms with Crippen molar-refractivity contribution in [1.29, 1.82) is 0 Å². The van der Waals surface area contributed by atoms with Gasteiger partial charge in [0.2, 0.25) is 0 Å². The molecule has 1 N–H and O–H groups in total. The number of nitrogens with one attached hydrogen (secondary N) is 1.